The number of aromatic nitrogens is 2. The van der Waals surface area contributed by atoms with Crippen LogP contribution in [0.25, 0.3) is 9.40 Å². The molecule has 0 unspecified atom stereocenters. The Morgan fingerprint density at radius 2 is 2.00 bits per heavy atom. The molecule has 0 saturated heterocycles. The molecule has 3 aromatic heterocycles. The second-order valence-corrected chi connectivity index (χ2v) is 6.65. The van der Waals surface area contributed by atoms with Crippen molar-refractivity contribution < 1.29 is 4.52 Å². The van der Waals surface area contributed by atoms with Gasteiger partial charge in [-0.25, -0.2) is 14.2 Å². The number of nitrogens with one attached hydrogen (secondary N) is 1. The first-order valence-corrected chi connectivity index (χ1v) is 8.12. The van der Waals surface area contributed by atoms with Gasteiger partial charge >= 0.3 is 11.4 Å². The molecule has 0 spiro atoms. The van der Waals surface area contributed by atoms with Crippen LogP contribution >= 0.6 is 22.9 Å². The average molecular weight is 327 g/mol. The summed E-state index contributed by atoms with van der Waals surface area (Å²) in [5.74, 6) is -0.558. The van der Waals surface area contributed by atoms with Gasteiger partial charge in [-0.1, -0.05) is 30.9 Å². The van der Waals surface area contributed by atoms with Crippen molar-refractivity contribution in [3.05, 3.63) is 44.3 Å². The maximum Gasteiger partial charge on any atom is 0.442 e. The molecule has 0 amide bonds. The number of benzene rings is 1. The van der Waals surface area contributed by atoms with Crippen molar-refractivity contribution in [3.8, 4) is 0 Å². The second-order valence-electron chi connectivity index (χ2n) is 5.13. The molecule has 0 radical (unpaired) electrons. The van der Waals surface area contributed by atoms with Crippen molar-refractivity contribution in [1.82, 2.24) is 9.72 Å². The molecular weight excluding hydrogens is 312 g/mol. The summed E-state index contributed by atoms with van der Waals surface area (Å²) in [6, 6.07) is 6.15. The number of rotatable bonds is 1. The van der Waals surface area contributed by atoms with Crippen molar-refractivity contribution in [2.45, 2.75) is 38.1 Å². The first kappa shape index (κ1) is 14.4. The number of hydrogen-bond acceptors (Lipinski definition) is 4. The summed E-state index contributed by atoms with van der Waals surface area (Å²) in [6.45, 7) is 0. The molecule has 0 atom stereocenters. The van der Waals surface area contributed by atoms with Gasteiger partial charge in [0.25, 0.3) is 0 Å². The van der Waals surface area contributed by atoms with Gasteiger partial charge in [0.2, 0.25) is 0 Å². The summed E-state index contributed by atoms with van der Waals surface area (Å²) in [5.41, 5.74) is -0.420. The molecule has 1 N–H and O–H groups in total. The van der Waals surface area contributed by atoms with Gasteiger partial charge in [0.05, 0.1) is 5.02 Å². The highest BCUT2D eigenvalue weighted by Crippen LogP contribution is 2.31. The minimum Gasteiger partial charge on any atom is -0.320 e. The molecule has 21 heavy (non-hydrogen) atoms. The summed E-state index contributed by atoms with van der Waals surface area (Å²) in [7, 11) is 0. The predicted octanol–water partition coefficient (Wildman–Crippen LogP) is 3.63. The summed E-state index contributed by atoms with van der Waals surface area (Å²) >= 11 is 7.48. The van der Waals surface area contributed by atoms with E-state index < -0.39 is 11.4 Å². The Hall–Kier alpha value is -1.53. The third-order valence-electron chi connectivity index (χ3n) is 3.71. The molecule has 1 aliphatic rings. The standard InChI is InChI=1S/C8H12N2O3.C6H3ClS/c11-7-9-13-8(12)10(7)6-4-2-1-3-5-6;7-5-3-4-1-2-6(5)8-4/h6H,1-5H2,(H,9,11);1-3H. The van der Waals surface area contributed by atoms with Gasteiger partial charge in [0.1, 0.15) is 0 Å². The Balaban J connectivity index is 0.000000140. The molecule has 3 aromatic rings. The third-order valence-corrected chi connectivity index (χ3v) is 5.20. The minimum atomic E-state index is -0.558. The number of fused-ring (bicyclic) bond motifs is 2. The number of H-pyrrole nitrogens is 1. The van der Waals surface area contributed by atoms with E-state index in [-0.39, 0.29) is 6.04 Å². The fourth-order valence-corrected chi connectivity index (χ4v) is 3.90. The van der Waals surface area contributed by atoms with E-state index in [2.05, 4.69) is 15.7 Å². The molecule has 1 aliphatic carbocycles. The van der Waals surface area contributed by atoms with Crippen LogP contribution in [0.1, 0.15) is 38.1 Å². The molecule has 0 aliphatic heterocycles. The highest BCUT2D eigenvalue weighted by atomic mass is 35.5. The Bertz CT molecular complexity index is 782. The fraction of sp³-hybridized carbons (Fsp3) is 0.429. The maximum absolute atomic E-state index is 11.2. The Kier molecular flexibility index (Phi) is 4.17. The third kappa shape index (κ3) is 3.06. The van der Waals surface area contributed by atoms with Crippen LogP contribution in [0.3, 0.4) is 0 Å². The van der Waals surface area contributed by atoms with E-state index in [1.165, 1.54) is 20.4 Å². The number of halogens is 1. The Labute approximate surface area is 129 Å². The van der Waals surface area contributed by atoms with Crippen LogP contribution in [0.15, 0.2) is 32.3 Å². The van der Waals surface area contributed by atoms with E-state index in [0.717, 1.165) is 30.7 Å². The largest absolute Gasteiger partial charge is 0.442 e. The van der Waals surface area contributed by atoms with Crippen LogP contribution in [0, 0.1) is 0 Å². The van der Waals surface area contributed by atoms with Crippen LogP contribution in [0.2, 0.25) is 5.02 Å². The lowest BCUT2D eigenvalue weighted by molar-refractivity contribution is 0.317. The molecule has 0 aromatic carbocycles. The van der Waals surface area contributed by atoms with Gasteiger partial charge in [-0.2, -0.15) is 5.16 Å². The van der Waals surface area contributed by atoms with Crippen LogP contribution in [-0.4, -0.2) is 9.72 Å². The number of nitrogens with zero attached hydrogens (tertiary/aromatic N) is 1. The van der Waals surface area contributed by atoms with E-state index in [4.69, 9.17) is 11.6 Å². The van der Waals surface area contributed by atoms with Crippen LogP contribution in [0.5, 0.6) is 0 Å². The Morgan fingerprint density at radius 3 is 2.43 bits per heavy atom. The van der Waals surface area contributed by atoms with Gasteiger partial charge in [-0.3, -0.25) is 0 Å². The van der Waals surface area contributed by atoms with E-state index in [1.807, 2.05) is 12.1 Å². The normalized spacial score (nSPS) is 16.0. The van der Waals surface area contributed by atoms with E-state index in [1.54, 1.807) is 11.3 Å². The van der Waals surface area contributed by atoms with E-state index >= 15 is 0 Å². The average Bonchev–Trinajstić information content (AvgIpc) is 3.17. The summed E-state index contributed by atoms with van der Waals surface area (Å²) in [4.78, 5) is 22.3. The lowest BCUT2D eigenvalue weighted by atomic mass is 9.95. The van der Waals surface area contributed by atoms with Crippen molar-refractivity contribution in [1.29, 1.82) is 0 Å². The molecule has 5 nitrogen and oxygen atoms in total. The first-order valence-electron chi connectivity index (χ1n) is 6.92. The lowest BCUT2D eigenvalue weighted by Crippen LogP contribution is -2.31. The van der Waals surface area contributed by atoms with Gasteiger partial charge in [0, 0.05) is 15.4 Å². The summed E-state index contributed by atoms with van der Waals surface area (Å²) in [5, 5.41) is 2.95. The van der Waals surface area contributed by atoms with Crippen molar-refractivity contribution >= 4 is 32.3 Å². The topological polar surface area (TPSA) is 68.0 Å². The number of hydrogen-bond donors (Lipinski definition) is 1. The van der Waals surface area contributed by atoms with E-state index in [9.17, 15) is 9.59 Å². The van der Waals surface area contributed by atoms with Crippen LogP contribution < -0.4 is 11.4 Å². The number of thiophene rings is 2. The quantitative estimate of drug-likeness (QED) is 0.742. The second kappa shape index (κ2) is 6.07. The molecular formula is C14H15ClN2O3S. The van der Waals surface area contributed by atoms with E-state index in [0.29, 0.717) is 0 Å². The lowest BCUT2D eigenvalue weighted by Gasteiger charge is -2.19. The van der Waals surface area contributed by atoms with Crippen LogP contribution in [-0.2, 0) is 0 Å². The van der Waals surface area contributed by atoms with Crippen LogP contribution in [0.4, 0.5) is 0 Å². The van der Waals surface area contributed by atoms with Gasteiger partial charge in [0.15, 0.2) is 0 Å². The zero-order chi connectivity index (χ0) is 14.8. The zero-order valence-corrected chi connectivity index (χ0v) is 12.9. The summed E-state index contributed by atoms with van der Waals surface area (Å²) in [6.07, 6.45) is 5.18. The first-order chi connectivity index (χ1) is 10.1. The number of aromatic amines is 1. The molecule has 1 saturated carbocycles. The van der Waals surface area contributed by atoms with Crippen molar-refractivity contribution in [3.63, 3.8) is 0 Å². The summed E-state index contributed by atoms with van der Waals surface area (Å²) < 4.78 is 8.08. The van der Waals surface area contributed by atoms with Gasteiger partial charge in [-0.15, -0.1) is 11.3 Å². The smallest absolute Gasteiger partial charge is 0.320 e. The minimum absolute atomic E-state index is 0.0451. The highest BCUT2D eigenvalue weighted by molar-refractivity contribution is 7.24. The Morgan fingerprint density at radius 1 is 1.24 bits per heavy atom. The molecule has 7 heteroatoms. The SMILES string of the molecule is Clc1cc2ccc1s2.O=c1[nH]oc(=O)n1C1CCCCC1. The molecule has 2 bridgehead atoms. The van der Waals surface area contributed by atoms with Crippen molar-refractivity contribution in [2.24, 2.45) is 0 Å². The monoisotopic (exact) mass is 326 g/mol. The van der Waals surface area contributed by atoms with Crippen molar-refractivity contribution in [2.75, 3.05) is 0 Å². The molecule has 1 fully saturated rings. The molecule has 112 valence electrons. The molecule has 4 rings (SSSR count). The maximum atomic E-state index is 11.2. The zero-order valence-electron chi connectivity index (χ0n) is 11.3. The highest BCUT2D eigenvalue weighted by Gasteiger charge is 2.20. The molecule has 3 heterocycles. The van der Waals surface area contributed by atoms with Gasteiger partial charge < -0.3 is 4.52 Å². The van der Waals surface area contributed by atoms with Gasteiger partial charge in [-0.05, 0) is 31.0 Å². The predicted molar refractivity (Wildman–Crippen MR) is 83.7 cm³/mol. The fourth-order valence-electron chi connectivity index (χ4n) is 2.68.